The Morgan fingerprint density at radius 1 is 1.54 bits per heavy atom. The minimum Gasteiger partial charge on any atom is -0.768 e. The number of alkyl halides is 1. The Labute approximate surface area is 83.6 Å². The lowest BCUT2D eigenvalue weighted by molar-refractivity contribution is 0.465. The van der Waals surface area contributed by atoms with Crippen molar-refractivity contribution in [3.63, 3.8) is 0 Å². The molecule has 1 unspecified atom stereocenters. The van der Waals surface area contributed by atoms with E-state index in [1.165, 1.54) is 18.2 Å². The SMILES string of the molecule is O=S([O-])c1cccc(O)c1CCCl. The molecular weight excluding hydrogens is 212 g/mol. The standard InChI is InChI=1S/C8H9ClO3S/c9-5-4-6-7(10)2-1-3-8(6)13(11)12/h1-3,10H,4-5H2,(H,11,12)/p-1. The molecule has 0 aliphatic carbocycles. The topological polar surface area (TPSA) is 60.4 Å². The van der Waals surface area contributed by atoms with E-state index >= 15 is 0 Å². The molecule has 0 aliphatic rings. The molecule has 1 atom stereocenters. The summed E-state index contributed by atoms with van der Waals surface area (Å²) in [5.74, 6) is 0.254. The van der Waals surface area contributed by atoms with E-state index in [0.29, 0.717) is 12.0 Å². The van der Waals surface area contributed by atoms with Crippen molar-refractivity contribution >= 4 is 22.7 Å². The molecule has 0 aromatic heterocycles. The van der Waals surface area contributed by atoms with Crippen molar-refractivity contribution in [2.75, 3.05) is 5.88 Å². The third kappa shape index (κ3) is 2.43. The molecule has 0 saturated carbocycles. The molecule has 0 aliphatic heterocycles. The molecule has 1 aromatic carbocycles. The summed E-state index contributed by atoms with van der Waals surface area (Å²) in [6.45, 7) is 0. The van der Waals surface area contributed by atoms with Gasteiger partial charge >= 0.3 is 0 Å². The van der Waals surface area contributed by atoms with Crippen molar-refractivity contribution in [3.05, 3.63) is 23.8 Å². The van der Waals surface area contributed by atoms with Crippen molar-refractivity contribution in [2.24, 2.45) is 0 Å². The maximum absolute atomic E-state index is 10.7. The lowest BCUT2D eigenvalue weighted by Gasteiger charge is -2.11. The summed E-state index contributed by atoms with van der Waals surface area (Å²) in [5, 5.41) is 9.34. The van der Waals surface area contributed by atoms with Crippen molar-refractivity contribution in [3.8, 4) is 5.75 Å². The van der Waals surface area contributed by atoms with Gasteiger partial charge in [-0.05, 0) is 29.6 Å². The number of hydrogen-bond acceptors (Lipinski definition) is 3. The normalized spacial score (nSPS) is 12.8. The second-order valence-electron chi connectivity index (χ2n) is 2.43. The third-order valence-electron chi connectivity index (χ3n) is 1.63. The molecule has 0 amide bonds. The molecule has 0 spiro atoms. The summed E-state index contributed by atoms with van der Waals surface area (Å²) in [7, 11) is 0. The van der Waals surface area contributed by atoms with E-state index in [2.05, 4.69) is 0 Å². The summed E-state index contributed by atoms with van der Waals surface area (Å²) < 4.78 is 21.4. The number of benzene rings is 1. The van der Waals surface area contributed by atoms with Gasteiger partial charge in [-0.1, -0.05) is 6.07 Å². The van der Waals surface area contributed by atoms with Gasteiger partial charge in [0.15, 0.2) is 0 Å². The van der Waals surface area contributed by atoms with E-state index in [-0.39, 0.29) is 16.5 Å². The van der Waals surface area contributed by atoms with Crippen LogP contribution in [-0.2, 0) is 17.5 Å². The summed E-state index contributed by atoms with van der Waals surface area (Å²) in [6.07, 6.45) is 0.345. The molecule has 3 nitrogen and oxygen atoms in total. The predicted octanol–water partition coefficient (Wildman–Crippen LogP) is 1.41. The zero-order chi connectivity index (χ0) is 9.84. The molecule has 0 radical (unpaired) electrons. The highest BCUT2D eigenvalue weighted by Crippen LogP contribution is 2.23. The second kappa shape index (κ2) is 4.60. The molecule has 1 aromatic rings. The van der Waals surface area contributed by atoms with Crippen molar-refractivity contribution in [1.82, 2.24) is 0 Å². The van der Waals surface area contributed by atoms with Gasteiger partial charge in [-0.15, -0.1) is 11.6 Å². The van der Waals surface area contributed by atoms with Crippen LogP contribution in [0, 0.1) is 0 Å². The van der Waals surface area contributed by atoms with Crippen LogP contribution in [0.15, 0.2) is 23.1 Å². The molecule has 13 heavy (non-hydrogen) atoms. The Morgan fingerprint density at radius 3 is 2.77 bits per heavy atom. The molecule has 5 heteroatoms. The lowest BCUT2D eigenvalue weighted by Crippen LogP contribution is -1.98. The van der Waals surface area contributed by atoms with E-state index in [1.54, 1.807) is 0 Å². The number of halogens is 1. The first-order chi connectivity index (χ1) is 6.16. The maximum atomic E-state index is 10.7. The molecular formula is C8H8ClO3S-. The first kappa shape index (κ1) is 10.5. The van der Waals surface area contributed by atoms with Gasteiger partial charge in [-0.2, -0.15) is 0 Å². The molecule has 1 N–H and O–H groups in total. The average Bonchev–Trinajstić information content (AvgIpc) is 2.08. The fourth-order valence-electron chi connectivity index (χ4n) is 1.06. The fourth-order valence-corrected chi connectivity index (χ4v) is 1.84. The lowest BCUT2D eigenvalue weighted by atomic mass is 10.1. The molecule has 0 fully saturated rings. The molecule has 0 saturated heterocycles. The predicted molar refractivity (Wildman–Crippen MR) is 49.7 cm³/mol. The quantitative estimate of drug-likeness (QED) is 0.618. The zero-order valence-electron chi connectivity index (χ0n) is 6.70. The summed E-state index contributed by atoms with van der Waals surface area (Å²) in [6, 6.07) is 4.36. The molecule has 1 rings (SSSR count). The van der Waals surface area contributed by atoms with Gasteiger partial charge in [0, 0.05) is 16.3 Å². The summed E-state index contributed by atoms with van der Waals surface area (Å²) in [5.41, 5.74) is 0.380. The van der Waals surface area contributed by atoms with Gasteiger partial charge in [0.05, 0.1) is 0 Å². The van der Waals surface area contributed by atoms with Crippen molar-refractivity contribution in [2.45, 2.75) is 11.3 Å². The van der Waals surface area contributed by atoms with Gasteiger partial charge in [-0.3, -0.25) is 4.21 Å². The Hall–Kier alpha value is -0.580. The molecule has 72 valence electrons. The van der Waals surface area contributed by atoms with E-state index < -0.39 is 11.1 Å². The highest BCUT2D eigenvalue weighted by molar-refractivity contribution is 7.79. The Morgan fingerprint density at radius 2 is 2.23 bits per heavy atom. The smallest absolute Gasteiger partial charge is 0.119 e. The molecule has 0 bridgehead atoms. The van der Waals surface area contributed by atoms with Gasteiger partial charge in [-0.25, -0.2) is 0 Å². The van der Waals surface area contributed by atoms with Crippen molar-refractivity contribution < 1.29 is 13.9 Å². The third-order valence-corrected chi connectivity index (χ3v) is 2.56. The number of aromatic hydroxyl groups is 1. The maximum Gasteiger partial charge on any atom is 0.119 e. The van der Waals surface area contributed by atoms with E-state index in [0.717, 1.165) is 0 Å². The monoisotopic (exact) mass is 219 g/mol. The summed E-state index contributed by atoms with van der Waals surface area (Å²) >= 11 is 3.15. The van der Waals surface area contributed by atoms with Gasteiger partial charge < -0.3 is 9.66 Å². The zero-order valence-corrected chi connectivity index (χ0v) is 8.27. The minimum absolute atomic E-state index is 0.0256. The summed E-state index contributed by atoms with van der Waals surface area (Å²) in [4.78, 5) is 0.112. The first-order valence-electron chi connectivity index (χ1n) is 3.63. The van der Waals surface area contributed by atoms with Gasteiger partial charge in [0.1, 0.15) is 5.75 Å². The van der Waals surface area contributed by atoms with E-state index in [1.807, 2.05) is 0 Å². The van der Waals surface area contributed by atoms with Crippen LogP contribution in [0.3, 0.4) is 0 Å². The second-order valence-corrected chi connectivity index (χ2v) is 3.71. The van der Waals surface area contributed by atoms with Crippen LogP contribution in [0.4, 0.5) is 0 Å². The van der Waals surface area contributed by atoms with Gasteiger partial charge in [0.25, 0.3) is 0 Å². The largest absolute Gasteiger partial charge is 0.768 e. The van der Waals surface area contributed by atoms with Crippen LogP contribution in [0.25, 0.3) is 0 Å². The highest BCUT2D eigenvalue weighted by atomic mass is 35.5. The minimum atomic E-state index is -2.32. The Bertz CT molecular complexity index is 327. The number of phenolic OH excluding ortho intramolecular Hbond substituents is 1. The Balaban J connectivity index is 3.17. The first-order valence-corrected chi connectivity index (χ1v) is 5.24. The van der Waals surface area contributed by atoms with E-state index in [9.17, 15) is 13.9 Å². The van der Waals surface area contributed by atoms with Crippen LogP contribution in [0.2, 0.25) is 0 Å². The number of hydrogen-bond donors (Lipinski definition) is 1. The van der Waals surface area contributed by atoms with Crippen LogP contribution in [0.5, 0.6) is 5.75 Å². The van der Waals surface area contributed by atoms with E-state index in [4.69, 9.17) is 11.6 Å². The van der Waals surface area contributed by atoms with Crippen molar-refractivity contribution in [1.29, 1.82) is 0 Å². The number of rotatable bonds is 3. The number of phenols is 1. The van der Waals surface area contributed by atoms with Crippen LogP contribution >= 0.6 is 11.6 Å². The molecule has 0 heterocycles. The van der Waals surface area contributed by atoms with Crippen LogP contribution in [-0.4, -0.2) is 19.7 Å². The van der Waals surface area contributed by atoms with Crippen LogP contribution < -0.4 is 0 Å². The Kier molecular flexibility index (Phi) is 3.71. The van der Waals surface area contributed by atoms with Gasteiger partial charge in [0.2, 0.25) is 0 Å². The highest BCUT2D eigenvalue weighted by Gasteiger charge is 2.06. The average molecular weight is 220 g/mol. The fraction of sp³-hybridized carbons (Fsp3) is 0.250. The van der Waals surface area contributed by atoms with Crippen LogP contribution in [0.1, 0.15) is 5.56 Å².